The number of nitrogens with zero attached hydrogens (tertiary/aromatic N) is 6. The summed E-state index contributed by atoms with van der Waals surface area (Å²) in [5.74, 6) is 2.46. The van der Waals surface area contributed by atoms with Crippen molar-refractivity contribution in [3.8, 4) is 5.75 Å². The van der Waals surface area contributed by atoms with E-state index in [1.54, 1.807) is 0 Å². The van der Waals surface area contributed by atoms with Crippen LogP contribution in [0.1, 0.15) is 44.6 Å². The highest BCUT2D eigenvalue weighted by Crippen LogP contribution is 2.29. The molecule has 1 aliphatic heterocycles. The second kappa shape index (κ2) is 9.28. The number of rotatable bonds is 8. The van der Waals surface area contributed by atoms with Gasteiger partial charge < -0.3 is 9.64 Å². The van der Waals surface area contributed by atoms with Crippen LogP contribution in [-0.2, 0) is 6.54 Å². The van der Waals surface area contributed by atoms with E-state index in [-0.39, 0.29) is 6.04 Å². The summed E-state index contributed by atoms with van der Waals surface area (Å²) in [6, 6.07) is 8.45. The van der Waals surface area contributed by atoms with Gasteiger partial charge in [-0.25, -0.2) is 4.68 Å². The lowest BCUT2D eigenvalue weighted by molar-refractivity contribution is 0.121. The van der Waals surface area contributed by atoms with Crippen LogP contribution >= 0.6 is 0 Å². The molecule has 2 aromatic rings. The van der Waals surface area contributed by atoms with Gasteiger partial charge in [-0.3, -0.25) is 4.90 Å². The lowest BCUT2D eigenvalue weighted by atomic mass is 10.0. The normalized spacial score (nSPS) is 17.4. The summed E-state index contributed by atoms with van der Waals surface area (Å²) < 4.78 is 7.60. The molecule has 1 aliphatic rings. The van der Waals surface area contributed by atoms with Crippen LogP contribution < -0.4 is 4.74 Å². The lowest BCUT2D eigenvalue weighted by Gasteiger charge is -2.37. The lowest BCUT2D eigenvalue weighted by Crippen LogP contribution is -2.46. The van der Waals surface area contributed by atoms with Crippen LogP contribution in [0.4, 0.5) is 0 Å². The quantitative estimate of drug-likeness (QED) is 0.709. The van der Waals surface area contributed by atoms with Crippen molar-refractivity contribution < 1.29 is 4.74 Å². The highest BCUT2D eigenvalue weighted by atomic mass is 16.5. The zero-order chi connectivity index (χ0) is 19.2. The summed E-state index contributed by atoms with van der Waals surface area (Å²) >= 11 is 0. The number of aryl methyl sites for hydroxylation is 1. The summed E-state index contributed by atoms with van der Waals surface area (Å²) in [6.07, 6.45) is 1.07. The van der Waals surface area contributed by atoms with Crippen molar-refractivity contribution in [3.63, 3.8) is 0 Å². The Morgan fingerprint density at radius 2 is 1.78 bits per heavy atom. The molecule has 7 nitrogen and oxygen atoms in total. The summed E-state index contributed by atoms with van der Waals surface area (Å²) in [6.45, 7) is 12.1. The van der Waals surface area contributed by atoms with E-state index in [9.17, 15) is 0 Å². The zero-order valence-electron chi connectivity index (χ0n) is 17.0. The SMILES string of the molecule is CCOc1ccc([C@@H](c2nnnn2CCC(C)C)N2CCN(C)CC2)cc1. The number of piperazine rings is 1. The van der Waals surface area contributed by atoms with E-state index in [4.69, 9.17) is 4.74 Å². The van der Waals surface area contributed by atoms with Gasteiger partial charge in [0.2, 0.25) is 0 Å². The van der Waals surface area contributed by atoms with Crippen LogP contribution in [0.3, 0.4) is 0 Å². The van der Waals surface area contributed by atoms with Crippen LogP contribution in [0.5, 0.6) is 5.75 Å². The number of hydrogen-bond acceptors (Lipinski definition) is 6. The van der Waals surface area contributed by atoms with Gasteiger partial charge in [-0.1, -0.05) is 26.0 Å². The van der Waals surface area contributed by atoms with Gasteiger partial charge in [-0.15, -0.1) is 5.10 Å². The Morgan fingerprint density at radius 3 is 2.41 bits per heavy atom. The van der Waals surface area contributed by atoms with Crippen LogP contribution in [0.2, 0.25) is 0 Å². The molecule has 0 bridgehead atoms. The standard InChI is InChI=1S/C20H32N6O/c1-5-27-18-8-6-17(7-9-18)19(25-14-12-24(4)13-15-25)20-21-22-23-26(20)11-10-16(2)3/h6-9,16,19H,5,10-15H2,1-4H3/t19-/m0/s1. The van der Waals surface area contributed by atoms with E-state index in [0.29, 0.717) is 12.5 Å². The van der Waals surface area contributed by atoms with Crippen LogP contribution in [0.25, 0.3) is 0 Å². The zero-order valence-corrected chi connectivity index (χ0v) is 17.0. The first-order chi connectivity index (χ1) is 13.1. The topological polar surface area (TPSA) is 59.3 Å². The minimum atomic E-state index is 0.0662. The number of hydrogen-bond donors (Lipinski definition) is 0. The molecular formula is C20H32N6O. The van der Waals surface area contributed by atoms with E-state index in [1.807, 2.05) is 23.7 Å². The van der Waals surface area contributed by atoms with Gasteiger partial charge in [0.05, 0.1) is 12.6 Å². The molecule has 27 heavy (non-hydrogen) atoms. The molecule has 1 aromatic heterocycles. The van der Waals surface area contributed by atoms with E-state index < -0.39 is 0 Å². The average Bonchev–Trinajstić information content (AvgIpc) is 3.11. The molecule has 7 heteroatoms. The molecule has 0 saturated carbocycles. The maximum atomic E-state index is 5.61. The minimum absolute atomic E-state index is 0.0662. The monoisotopic (exact) mass is 372 g/mol. The number of aromatic nitrogens is 4. The maximum absolute atomic E-state index is 5.61. The fraction of sp³-hybridized carbons (Fsp3) is 0.650. The average molecular weight is 373 g/mol. The van der Waals surface area contributed by atoms with E-state index >= 15 is 0 Å². The Labute approximate surface area is 162 Å². The van der Waals surface area contributed by atoms with Crippen LogP contribution in [0.15, 0.2) is 24.3 Å². The van der Waals surface area contributed by atoms with E-state index in [1.165, 1.54) is 5.56 Å². The van der Waals surface area contributed by atoms with Crippen molar-refractivity contribution >= 4 is 0 Å². The molecule has 148 valence electrons. The van der Waals surface area contributed by atoms with Crippen molar-refractivity contribution in [2.75, 3.05) is 39.8 Å². The van der Waals surface area contributed by atoms with E-state index in [2.05, 4.69) is 58.4 Å². The Hall–Kier alpha value is -1.99. The van der Waals surface area contributed by atoms with Gasteiger partial charge in [-0.2, -0.15) is 0 Å². The molecule has 1 saturated heterocycles. The Balaban J connectivity index is 1.89. The summed E-state index contributed by atoms with van der Waals surface area (Å²) in [5, 5.41) is 12.7. The van der Waals surface area contributed by atoms with Gasteiger partial charge in [0.25, 0.3) is 0 Å². The summed E-state index contributed by atoms with van der Waals surface area (Å²) in [7, 11) is 2.18. The van der Waals surface area contributed by atoms with Crippen molar-refractivity contribution in [2.45, 2.75) is 39.8 Å². The maximum Gasteiger partial charge on any atom is 0.173 e. The molecular weight excluding hydrogens is 340 g/mol. The summed E-state index contributed by atoms with van der Waals surface area (Å²) in [4.78, 5) is 4.86. The molecule has 1 atom stereocenters. The largest absolute Gasteiger partial charge is 0.494 e. The molecule has 0 spiro atoms. The predicted octanol–water partition coefficient (Wildman–Crippen LogP) is 2.45. The first-order valence-electron chi connectivity index (χ1n) is 10.00. The third kappa shape index (κ3) is 5.05. The first-order valence-corrected chi connectivity index (χ1v) is 10.00. The fourth-order valence-corrected chi connectivity index (χ4v) is 3.46. The van der Waals surface area contributed by atoms with E-state index in [0.717, 1.165) is 50.7 Å². The molecule has 1 aromatic carbocycles. The van der Waals surface area contributed by atoms with Crippen LogP contribution in [0, 0.1) is 5.92 Å². The minimum Gasteiger partial charge on any atom is -0.494 e. The van der Waals surface area contributed by atoms with Gasteiger partial charge >= 0.3 is 0 Å². The number of ether oxygens (including phenoxy) is 1. The van der Waals surface area contributed by atoms with Crippen LogP contribution in [-0.4, -0.2) is 69.8 Å². The number of benzene rings is 1. The van der Waals surface area contributed by atoms with Crippen molar-refractivity contribution in [1.29, 1.82) is 0 Å². The Bertz CT molecular complexity index is 691. The van der Waals surface area contributed by atoms with Gasteiger partial charge in [0.15, 0.2) is 5.82 Å². The molecule has 2 heterocycles. The van der Waals surface area contributed by atoms with Crippen molar-refractivity contribution in [2.24, 2.45) is 5.92 Å². The fourth-order valence-electron chi connectivity index (χ4n) is 3.46. The Morgan fingerprint density at radius 1 is 1.07 bits per heavy atom. The first kappa shape index (κ1) is 19.8. The van der Waals surface area contributed by atoms with Gasteiger partial charge in [0.1, 0.15) is 5.75 Å². The predicted molar refractivity (Wildman–Crippen MR) is 106 cm³/mol. The number of tetrazole rings is 1. The van der Waals surface area contributed by atoms with Crippen molar-refractivity contribution in [3.05, 3.63) is 35.7 Å². The van der Waals surface area contributed by atoms with Crippen molar-refractivity contribution in [1.82, 2.24) is 30.0 Å². The Kier molecular flexibility index (Phi) is 6.79. The molecule has 0 N–H and O–H groups in total. The summed E-state index contributed by atoms with van der Waals surface area (Å²) in [5.41, 5.74) is 1.21. The molecule has 0 aliphatic carbocycles. The second-order valence-corrected chi connectivity index (χ2v) is 7.69. The third-order valence-corrected chi connectivity index (χ3v) is 5.13. The van der Waals surface area contributed by atoms with Gasteiger partial charge in [0, 0.05) is 32.7 Å². The molecule has 3 rings (SSSR count). The third-order valence-electron chi connectivity index (χ3n) is 5.13. The highest BCUT2D eigenvalue weighted by Gasteiger charge is 2.29. The smallest absolute Gasteiger partial charge is 0.173 e. The highest BCUT2D eigenvalue weighted by molar-refractivity contribution is 5.32. The molecule has 0 amide bonds. The van der Waals surface area contributed by atoms with Gasteiger partial charge in [-0.05, 0) is 54.4 Å². The molecule has 0 unspecified atom stereocenters. The molecule has 1 fully saturated rings. The molecule has 0 radical (unpaired) electrons. The second-order valence-electron chi connectivity index (χ2n) is 7.69. The number of likely N-dealkylation sites (N-methyl/N-ethyl adjacent to an activating group) is 1.